The van der Waals surface area contributed by atoms with Gasteiger partial charge in [0.15, 0.2) is 0 Å². The zero-order valence-corrected chi connectivity index (χ0v) is 13.5. The van der Waals surface area contributed by atoms with Crippen LogP contribution in [-0.2, 0) is 4.74 Å². The predicted octanol–water partition coefficient (Wildman–Crippen LogP) is 3.14. The number of nitrogens with zero attached hydrogens (tertiary/aromatic N) is 2. The second-order valence-corrected chi connectivity index (χ2v) is 5.03. The minimum Gasteiger partial charge on any atom is -0.486 e. The van der Waals surface area contributed by atoms with Crippen molar-refractivity contribution in [1.82, 2.24) is 4.90 Å². The van der Waals surface area contributed by atoms with Gasteiger partial charge in [-0.25, -0.2) is 9.79 Å². The first-order chi connectivity index (χ1) is 11.1. The largest absolute Gasteiger partial charge is 0.486 e. The van der Waals surface area contributed by atoms with Crippen LogP contribution in [0.15, 0.2) is 59.6 Å². The van der Waals surface area contributed by atoms with E-state index in [1.807, 2.05) is 55.4 Å². The molecule has 5 nitrogen and oxygen atoms in total. The molecule has 0 spiro atoms. The van der Waals surface area contributed by atoms with Crippen molar-refractivity contribution in [2.24, 2.45) is 4.99 Å². The second-order valence-electron chi connectivity index (χ2n) is 5.03. The second kappa shape index (κ2) is 7.98. The Labute approximate surface area is 136 Å². The molecule has 0 aromatic heterocycles. The molecule has 0 fully saturated rings. The third-order valence-corrected chi connectivity index (χ3v) is 3.19. The molecule has 0 aliphatic heterocycles. The number of carbonyl (C=O) groups is 1. The summed E-state index contributed by atoms with van der Waals surface area (Å²) < 4.78 is 10.5. The molecule has 0 aliphatic carbocycles. The number of aliphatic imine (C=N–C) groups is 1. The van der Waals surface area contributed by atoms with E-state index < -0.39 is 5.97 Å². The fraction of sp³-hybridized carbons (Fsp3) is 0.222. The van der Waals surface area contributed by atoms with Crippen LogP contribution in [0.1, 0.15) is 10.4 Å². The van der Waals surface area contributed by atoms with Gasteiger partial charge in [0.25, 0.3) is 0 Å². The van der Waals surface area contributed by atoms with Gasteiger partial charge in [-0.1, -0.05) is 30.3 Å². The molecule has 120 valence electrons. The Kier molecular flexibility index (Phi) is 5.74. The van der Waals surface area contributed by atoms with Gasteiger partial charge in [-0.2, -0.15) is 0 Å². The number of hydrogen-bond donors (Lipinski definition) is 0. The molecule has 0 saturated heterocycles. The van der Waals surface area contributed by atoms with Crippen LogP contribution in [0, 0.1) is 0 Å². The van der Waals surface area contributed by atoms with E-state index in [-0.39, 0.29) is 0 Å². The van der Waals surface area contributed by atoms with Crippen LogP contribution in [0.5, 0.6) is 5.75 Å². The quantitative estimate of drug-likeness (QED) is 0.483. The summed E-state index contributed by atoms with van der Waals surface area (Å²) in [7, 11) is 5.12. The number of benzene rings is 2. The molecular formula is C18H20N2O3. The van der Waals surface area contributed by atoms with Gasteiger partial charge in [-0.05, 0) is 24.3 Å². The van der Waals surface area contributed by atoms with E-state index in [1.165, 1.54) is 7.11 Å². The number of amidine groups is 1. The summed E-state index contributed by atoms with van der Waals surface area (Å²) in [6.45, 7) is 0.298. The molecule has 23 heavy (non-hydrogen) atoms. The topological polar surface area (TPSA) is 51.1 Å². The zero-order chi connectivity index (χ0) is 16.7. The Morgan fingerprint density at radius 3 is 2.35 bits per heavy atom. The molecule has 0 N–H and O–H groups in total. The summed E-state index contributed by atoms with van der Waals surface area (Å²) in [6, 6.07) is 16.6. The number of rotatable bonds is 5. The van der Waals surface area contributed by atoms with E-state index >= 15 is 0 Å². The molecule has 0 radical (unpaired) electrons. The molecular weight excluding hydrogens is 292 g/mol. The van der Waals surface area contributed by atoms with E-state index in [0.717, 1.165) is 5.75 Å². The summed E-state index contributed by atoms with van der Waals surface area (Å²) in [5.41, 5.74) is 0.980. The number of methoxy groups -OCH3 is 1. The molecule has 5 heteroatoms. The fourth-order valence-corrected chi connectivity index (χ4v) is 1.92. The van der Waals surface area contributed by atoms with Crippen molar-refractivity contribution in [1.29, 1.82) is 0 Å². The standard InChI is InChI=1S/C18H20N2O3/c1-20(2)17(13-23-14-9-5-4-6-10-14)19-16-12-8-7-11-15(16)18(21)22-3/h4-12H,13H2,1-3H3. The van der Waals surface area contributed by atoms with Crippen LogP contribution in [0.3, 0.4) is 0 Å². The van der Waals surface area contributed by atoms with Crippen molar-refractivity contribution < 1.29 is 14.3 Å². The summed E-state index contributed by atoms with van der Waals surface area (Å²) >= 11 is 0. The zero-order valence-electron chi connectivity index (χ0n) is 13.5. The minimum absolute atomic E-state index is 0.298. The Balaban J connectivity index is 2.24. The molecule has 0 amide bonds. The lowest BCUT2D eigenvalue weighted by atomic mass is 10.2. The first-order valence-electron chi connectivity index (χ1n) is 7.22. The highest BCUT2D eigenvalue weighted by Crippen LogP contribution is 2.20. The van der Waals surface area contributed by atoms with E-state index in [0.29, 0.717) is 23.7 Å². The monoisotopic (exact) mass is 312 g/mol. The summed E-state index contributed by atoms with van der Waals surface area (Å²) in [5.74, 6) is 1.06. The van der Waals surface area contributed by atoms with E-state index in [9.17, 15) is 4.79 Å². The van der Waals surface area contributed by atoms with Crippen LogP contribution >= 0.6 is 0 Å². The molecule has 2 rings (SSSR count). The lowest BCUT2D eigenvalue weighted by molar-refractivity contribution is 0.0601. The van der Waals surface area contributed by atoms with Crippen molar-refractivity contribution in [2.45, 2.75) is 0 Å². The average Bonchev–Trinajstić information content (AvgIpc) is 2.59. The lowest BCUT2D eigenvalue weighted by Gasteiger charge is -2.17. The van der Waals surface area contributed by atoms with Gasteiger partial charge in [-0.15, -0.1) is 0 Å². The van der Waals surface area contributed by atoms with Crippen LogP contribution in [0.4, 0.5) is 5.69 Å². The van der Waals surface area contributed by atoms with Gasteiger partial charge in [0.1, 0.15) is 18.2 Å². The Morgan fingerprint density at radius 1 is 1.04 bits per heavy atom. The highest BCUT2D eigenvalue weighted by Gasteiger charge is 2.12. The predicted molar refractivity (Wildman–Crippen MR) is 90.5 cm³/mol. The normalized spacial score (nSPS) is 11.0. The third-order valence-electron chi connectivity index (χ3n) is 3.19. The van der Waals surface area contributed by atoms with Crippen molar-refractivity contribution in [3.63, 3.8) is 0 Å². The summed E-state index contributed by atoms with van der Waals surface area (Å²) in [5, 5.41) is 0. The first kappa shape index (κ1) is 16.5. The molecule has 0 saturated carbocycles. The molecule has 0 bridgehead atoms. The van der Waals surface area contributed by atoms with Crippen LogP contribution < -0.4 is 4.74 Å². The van der Waals surface area contributed by atoms with Gasteiger partial charge < -0.3 is 14.4 Å². The van der Waals surface area contributed by atoms with Crippen LogP contribution in [0.25, 0.3) is 0 Å². The molecule has 2 aromatic rings. The molecule has 0 unspecified atom stereocenters. The van der Waals surface area contributed by atoms with Crippen molar-refractivity contribution in [3.05, 3.63) is 60.2 Å². The Bertz CT molecular complexity index is 682. The van der Waals surface area contributed by atoms with Crippen molar-refractivity contribution >= 4 is 17.5 Å². The van der Waals surface area contributed by atoms with Crippen molar-refractivity contribution in [2.75, 3.05) is 27.8 Å². The van der Waals surface area contributed by atoms with E-state index in [2.05, 4.69) is 4.99 Å². The van der Waals surface area contributed by atoms with Crippen LogP contribution in [-0.4, -0.2) is 44.5 Å². The number of esters is 1. The van der Waals surface area contributed by atoms with Gasteiger partial charge in [0, 0.05) is 14.1 Å². The highest BCUT2D eigenvalue weighted by atomic mass is 16.5. The first-order valence-corrected chi connectivity index (χ1v) is 7.22. The van der Waals surface area contributed by atoms with E-state index in [1.54, 1.807) is 18.2 Å². The Morgan fingerprint density at radius 2 is 1.70 bits per heavy atom. The van der Waals surface area contributed by atoms with Gasteiger partial charge >= 0.3 is 5.97 Å². The average molecular weight is 312 g/mol. The maximum Gasteiger partial charge on any atom is 0.340 e. The minimum atomic E-state index is -0.411. The SMILES string of the molecule is COC(=O)c1ccccc1N=C(COc1ccccc1)N(C)C. The molecule has 0 atom stereocenters. The van der Waals surface area contributed by atoms with Gasteiger partial charge in [0.05, 0.1) is 18.4 Å². The van der Waals surface area contributed by atoms with Crippen molar-refractivity contribution in [3.8, 4) is 5.75 Å². The molecule has 0 heterocycles. The number of para-hydroxylation sites is 2. The van der Waals surface area contributed by atoms with E-state index in [4.69, 9.17) is 9.47 Å². The lowest BCUT2D eigenvalue weighted by Crippen LogP contribution is -2.28. The number of ether oxygens (including phenoxy) is 2. The summed E-state index contributed by atoms with van der Waals surface area (Å²) in [4.78, 5) is 18.2. The molecule has 2 aromatic carbocycles. The Hall–Kier alpha value is -2.82. The number of hydrogen-bond acceptors (Lipinski definition) is 4. The van der Waals surface area contributed by atoms with Gasteiger partial charge in [0.2, 0.25) is 0 Å². The van der Waals surface area contributed by atoms with Gasteiger partial charge in [-0.3, -0.25) is 0 Å². The fourth-order valence-electron chi connectivity index (χ4n) is 1.92. The maximum absolute atomic E-state index is 11.8. The van der Waals surface area contributed by atoms with Crippen LogP contribution in [0.2, 0.25) is 0 Å². The molecule has 0 aliphatic rings. The number of likely N-dealkylation sites (N-methyl/N-ethyl adjacent to an activating group) is 1. The highest BCUT2D eigenvalue weighted by molar-refractivity contribution is 5.97. The smallest absolute Gasteiger partial charge is 0.340 e. The third kappa shape index (κ3) is 4.57. The maximum atomic E-state index is 11.8. The summed E-state index contributed by atoms with van der Waals surface area (Å²) in [6.07, 6.45) is 0. The number of carbonyl (C=O) groups excluding carboxylic acids is 1.